The fraction of sp³-hybridized carbons (Fsp3) is 0.250. The number of rotatable bonds is 8. The number of carbonyl (C=O) groups is 1. The second-order valence-corrected chi connectivity index (χ2v) is 11.0. The molecule has 2 heterocycles. The number of nitrogens with one attached hydrogen (secondary N) is 1. The lowest BCUT2D eigenvalue weighted by Gasteiger charge is -2.25. The second-order valence-electron chi connectivity index (χ2n) is 7.92. The standard InChI is InChI=1S/C24H24N4O6S2/c1-15(2)36(30,31)24-27-35-23-26-22(29)18(21(25)28(23)24)13-16-9-10-19(20(14-16)32-3)34-12-11-33-17-7-5-4-6-8-17/h4-10,13-15,25H,11-12H2,1-3H3/b18-13-,25-21?. The van der Waals surface area contributed by atoms with Crippen molar-refractivity contribution in [1.29, 1.82) is 5.41 Å². The minimum Gasteiger partial charge on any atom is -0.493 e. The van der Waals surface area contributed by atoms with Gasteiger partial charge >= 0.3 is 0 Å². The summed E-state index contributed by atoms with van der Waals surface area (Å²) in [6.07, 6.45) is 1.46. The van der Waals surface area contributed by atoms with Crippen molar-refractivity contribution in [1.82, 2.24) is 4.90 Å². The smallest absolute Gasteiger partial charge is 0.283 e. The Labute approximate surface area is 213 Å². The van der Waals surface area contributed by atoms with E-state index in [2.05, 4.69) is 9.39 Å². The van der Waals surface area contributed by atoms with Crippen molar-refractivity contribution in [2.24, 2.45) is 9.39 Å². The van der Waals surface area contributed by atoms with Crippen LogP contribution >= 0.6 is 11.9 Å². The van der Waals surface area contributed by atoms with Gasteiger partial charge in [0.15, 0.2) is 11.5 Å². The van der Waals surface area contributed by atoms with Crippen LogP contribution in [0.3, 0.4) is 0 Å². The van der Waals surface area contributed by atoms with Crippen molar-refractivity contribution in [2.75, 3.05) is 20.3 Å². The monoisotopic (exact) mass is 528 g/mol. The van der Waals surface area contributed by atoms with Crippen molar-refractivity contribution in [3.63, 3.8) is 0 Å². The van der Waals surface area contributed by atoms with E-state index in [-0.39, 0.29) is 28.4 Å². The van der Waals surface area contributed by atoms with Gasteiger partial charge in [0.2, 0.25) is 20.2 Å². The van der Waals surface area contributed by atoms with Crippen molar-refractivity contribution >= 4 is 49.9 Å². The van der Waals surface area contributed by atoms with E-state index in [1.54, 1.807) is 18.2 Å². The van der Waals surface area contributed by atoms with Crippen molar-refractivity contribution in [3.05, 3.63) is 59.7 Å². The lowest BCUT2D eigenvalue weighted by atomic mass is 10.1. The van der Waals surface area contributed by atoms with E-state index in [9.17, 15) is 13.2 Å². The lowest BCUT2D eigenvalue weighted by Crippen LogP contribution is -2.46. The highest BCUT2D eigenvalue weighted by Crippen LogP contribution is 2.33. The van der Waals surface area contributed by atoms with E-state index in [4.69, 9.17) is 19.6 Å². The zero-order valence-electron chi connectivity index (χ0n) is 19.8. The molecule has 0 atom stereocenters. The fourth-order valence-corrected chi connectivity index (χ4v) is 5.35. The molecule has 12 heteroatoms. The summed E-state index contributed by atoms with van der Waals surface area (Å²) in [5.74, 6) is 0.676. The van der Waals surface area contributed by atoms with Crippen LogP contribution < -0.4 is 14.2 Å². The number of methoxy groups -OCH3 is 1. The van der Waals surface area contributed by atoms with Crippen LogP contribution in [0.15, 0.2) is 63.5 Å². The van der Waals surface area contributed by atoms with Crippen LogP contribution in [-0.4, -0.2) is 61.0 Å². The molecular weight excluding hydrogens is 504 g/mol. The number of benzene rings is 2. The van der Waals surface area contributed by atoms with Crippen LogP contribution in [0.2, 0.25) is 0 Å². The molecule has 2 aromatic rings. The number of sulfone groups is 1. The Bertz CT molecular complexity index is 1380. The maximum absolute atomic E-state index is 12.7. The number of hydrogen-bond donors (Lipinski definition) is 1. The molecule has 0 spiro atoms. The average Bonchev–Trinajstić information content (AvgIpc) is 3.30. The van der Waals surface area contributed by atoms with Gasteiger partial charge in [0, 0.05) is 0 Å². The fourth-order valence-electron chi connectivity index (χ4n) is 3.28. The van der Waals surface area contributed by atoms with Crippen LogP contribution in [0, 0.1) is 5.41 Å². The summed E-state index contributed by atoms with van der Waals surface area (Å²) in [4.78, 5) is 17.7. The van der Waals surface area contributed by atoms with Gasteiger partial charge in [-0.3, -0.25) is 10.2 Å². The van der Waals surface area contributed by atoms with Gasteiger partial charge in [0.1, 0.15) is 24.8 Å². The SMILES string of the molecule is COc1cc(/C=C2/C(=N)N3C(=NC2=O)SN=C3S(=O)(=O)C(C)C)ccc1OCCOc1ccccc1. The van der Waals surface area contributed by atoms with Gasteiger partial charge in [-0.2, -0.15) is 9.39 Å². The maximum Gasteiger partial charge on any atom is 0.283 e. The number of amides is 1. The molecule has 0 saturated heterocycles. The maximum atomic E-state index is 12.7. The molecule has 1 amide bonds. The molecule has 0 radical (unpaired) electrons. The van der Waals surface area contributed by atoms with Crippen LogP contribution in [-0.2, 0) is 14.6 Å². The first kappa shape index (κ1) is 25.5. The number of ether oxygens (including phenoxy) is 3. The summed E-state index contributed by atoms with van der Waals surface area (Å²) in [5, 5.41) is 7.55. The number of para-hydroxylation sites is 1. The molecule has 0 saturated carbocycles. The Kier molecular flexibility index (Phi) is 7.45. The molecule has 2 aliphatic heterocycles. The molecule has 2 aromatic carbocycles. The van der Waals surface area contributed by atoms with Crippen LogP contribution in [0.25, 0.3) is 6.08 Å². The minimum atomic E-state index is -3.79. The third-order valence-corrected chi connectivity index (χ3v) is 8.06. The zero-order chi connectivity index (χ0) is 25.9. The number of carbonyl (C=O) groups excluding carboxylic acids is 1. The Morgan fingerprint density at radius 3 is 2.50 bits per heavy atom. The number of amidine groups is 3. The Morgan fingerprint density at radius 2 is 1.81 bits per heavy atom. The predicted molar refractivity (Wildman–Crippen MR) is 139 cm³/mol. The summed E-state index contributed by atoms with van der Waals surface area (Å²) in [6.45, 7) is 3.67. The van der Waals surface area contributed by atoms with E-state index in [1.165, 1.54) is 27.0 Å². The topological polar surface area (TPSA) is 131 Å². The van der Waals surface area contributed by atoms with Gasteiger partial charge in [-0.15, -0.1) is 0 Å². The molecule has 0 bridgehead atoms. The van der Waals surface area contributed by atoms with Crippen molar-refractivity contribution in [2.45, 2.75) is 19.1 Å². The first-order valence-corrected chi connectivity index (χ1v) is 13.3. The lowest BCUT2D eigenvalue weighted by molar-refractivity contribution is -0.114. The van der Waals surface area contributed by atoms with Crippen LogP contribution in [0.1, 0.15) is 19.4 Å². The van der Waals surface area contributed by atoms with E-state index in [1.807, 2.05) is 30.3 Å². The minimum absolute atomic E-state index is 0.0421. The quantitative estimate of drug-likeness (QED) is 0.313. The highest BCUT2D eigenvalue weighted by Gasteiger charge is 2.43. The molecule has 36 heavy (non-hydrogen) atoms. The molecule has 4 rings (SSSR count). The third-order valence-electron chi connectivity index (χ3n) is 5.22. The van der Waals surface area contributed by atoms with Gasteiger partial charge in [-0.05, 0) is 49.8 Å². The highest BCUT2D eigenvalue weighted by atomic mass is 32.2. The van der Waals surface area contributed by atoms with Gasteiger partial charge in [-0.1, -0.05) is 24.3 Å². The first-order valence-electron chi connectivity index (χ1n) is 10.9. The molecular formula is C24H24N4O6S2. The van der Waals surface area contributed by atoms with Crippen LogP contribution in [0.5, 0.6) is 17.2 Å². The summed E-state index contributed by atoms with van der Waals surface area (Å²) < 4.78 is 46.2. The highest BCUT2D eigenvalue weighted by molar-refractivity contribution is 8.16. The Hall–Kier alpha value is -3.64. The normalized spacial score (nSPS) is 16.7. The molecule has 0 fully saturated rings. The second kappa shape index (κ2) is 10.5. The van der Waals surface area contributed by atoms with E-state index < -0.39 is 21.0 Å². The first-order chi connectivity index (χ1) is 17.2. The zero-order valence-corrected chi connectivity index (χ0v) is 21.4. The van der Waals surface area contributed by atoms with E-state index in [0.29, 0.717) is 23.7 Å². The Balaban J connectivity index is 1.51. The number of aliphatic imine (C=N–C) groups is 1. The molecule has 188 valence electrons. The molecule has 10 nitrogen and oxygen atoms in total. The van der Waals surface area contributed by atoms with E-state index in [0.717, 1.165) is 22.6 Å². The van der Waals surface area contributed by atoms with Gasteiger partial charge in [0.05, 0.1) is 29.9 Å². The summed E-state index contributed by atoms with van der Waals surface area (Å²) in [7, 11) is -2.30. The van der Waals surface area contributed by atoms with Gasteiger partial charge in [0.25, 0.3) is 5.91 Å². The van der Waals surface area contributed by atoms with Crippen molar-refractivity contribution < 1.29 is 27.4 Å². The number of nitrogens with zero attached hydrogens (tertiary/aromatic N) is 3. The average molecular weight is 529 g/mol. The summed E-state index contributed by atoms with van der Waals surface area (Å²) in [6, 6.07) is 14.4. The summed E-state index contributed by atoms with van der Waals surface area (Å²) >= 11 is 0.760. The number of fused-ring (bicyclic) bond motifs is 1. The third kappa shape index (κ3) is 5.14. The summed E-state index contributed by atoms with van der Waals surface area (Å²) in [5.41, 5.74) is 0.475. The van der Waals surface area contributed by atoms with E-state index >= 15 is 0 Å². The predicted octanol–water partition coefficient (Wildman–Crippen LogP) is 3.55. The Morgan fingerprint density at radius 1 is 1.08 bits per heavy atom. The molecule has 2 aliphatic rings. The molecule has 0 aromatic heterocycles. The van der Waals surface area contributed by atoms with Crippen LogP contribution in [0.4, 0.5) is 0 Å². The largest absolute Gasteiger partial charge is 0.493 e. The van der Waals surface area contributed by atoms with Crippen molar-refractivity contribution in [3.8, 4) is 17.2 Å². The molecule has 1 N–H and O–H groups in total. The molecule has 0 aliphatic carbocycles. The van der Waals surface area contributed by atoms with Gasteiger partial charge < -0.3 is 14.2 Å². The molecule has 0 unspecified atom stereocenters. The number of hydrogen-bond acceptors (Lipinski definition) is 9. The van der Waals surface area contributed by atoms with Gasteiger partial charge in [-0.25, -0.2) is 13.3 Å².